The molecule has 0 bridgehead atoms. The third-order valence-electron chi connectivity index (χ3n) is 3.21. The van der Waals surface area contributed by atoms with Gasteiger partial charge in [0.1, 0.15) is 11.4 Å². The van der Waals surface area contributed by atoms with E-state index in [2.05, 4.69) is 23.3 Å². The lowest BCUT2D eigenvalue weighted by molar-refractivity contribution is 0.0697. The van der Waals surface area contributed by atoms with Crippen molar-refractivity contribution in [3.8, 4) is 0 Å². The predicted octanol–water partition coefficient (Wildman–Crippen LogP) is 3.26. The fraction of sp³-hybridized carbons (Fsp3) is 0.250. The summed E-state index contributed by atoms with van der Waals surface area (Å²) in [6, 6.07) is 11.4. The number of rotatable bonds is 5. The number of aromatic carboxylic acids is 1. The molecule has 2 N–H and O–H groups in total. The number of hydrogen-bond acceptors (Lipinski definition) is 3. The molecule has 0 amide bonds. The molecule has 20 heavy (non-hydrogen) atoms. The van der Waals surface area contributed by atoms with Gasteiger partial charge in [0.2, 0.25) is 0 Å². The van der Waals surface area contributed by atoms with Gasteiger partial charge in [0.15, 0.2) is 0 Å². The average molecular weight is 270 g/mol. The van der Waals surface area contributed by atoms with E-state index in [-0.39, 0.29) is 5.56 Å². The summed E-state index contributed by atoms with van der Waals surface area (Å²) < 4.78 is 0. The number of hydrogen-bond donors (Lipinski definition) is 2. The summed E-state index contributed by atoms with van der Waals surface area (Å²) in [5, 5.41) is 12.3. The summed E-state index contributed by atoms with van der Waals surface area (Å²) in [6.07, 6.45) is 0.949. The molecule has 4 nitrogen and oxygen atoms in total. The van der Waals surface area contributed by atoms with E-state index in [1.165, 1.54) is 5.56 Å². The molecule has 0 saturated heterocycles. The first-order chi connectivity index (χ1) is 9.61. The molecule has 2 aromatic rings. The number of aromatic nitrogens is 1. The number of carbonyl (C=O) groups is 1. The maximum Gasteiger partial charge on any atom is 0.339 e. The number of carboxylic acid groups (broad SMARTS) is 1. The lowest BCUT2D eigenvalue weighted by Gasteiger charge is -2.12. The molecule has 0 aliphatic heterocycles. The van der Waals surface area contributed by atoms with Crippen molar-refractivity contribution in [3.63, 3.8) is 0 Å². The van der Waals surface area contributed by atoms with Crippen molar-refractivity contribution in [3.05, 3.63) is 58.8 Å². The van der Waals surface area contributed by atoms with E-state index in [9.17, 15) is 9.90 Å². The van der Waals surface area contributed by atoms with Crippen molar-refractivity contribution < 1.29 is 9.90 Å². The standard InChI is InChI=1S/C16H18N2O2/c1-3-12-6-4-5-7-13(12)10-17-15-14(16(19)20)9-8-11(2)18-15/h4-9H,3,10H2,1-2H3,(H,17,18)(H,19,20). The van der Waals surface area contributed by atoms with Crippen molar-refractivity contribution in [1.29, 1.82) is 0 Å². The smallest absolute Gasteiger partial charge is 0.339 e. The maximum atomic E-state index is 11.2. The predicted molar refractivity (Wildman–Crippen MR) is 79.1 cm³/mol. The molecule has 0 spiro atoms. The van der Waals surface area contributed by atoms with Gasteiger partial charge in [0, 0.05) is 12.2 Å². The van der Waals surface area contributed by atoms with Gasteiger partial charge in [-0.25, -0.2) is 9.78 Å². The molecule has 0 atom stereocenters. The second kappa shape index (κ2) is 6.19. The summed E-state index contributed by atoms with van der Waals surface area (Å²) in [5.74, 6) is -0.549. The molecule has 1 aromatic carbocycles. The van der Waals surface area contributed by atoms with E-state index in [1.807, 2.05) is 25.1 Å². The summed E-state index contributed by atoms with van der Waals surface area (Å²) in [7, 11) is 0. The van der Waals surface area contributed by atoms with Gasteiger partial charge in [0.05, 0.1) is 0 Å². The van der Waals surface area contributed by atoms with Gasteiger partial charge in [-0.15, -0.1) is 0 Å². The number of pyridine rings is 1. The van der Waals surface area contributed by atoms with Crippen LogP contribution in [0, 0.1) is 6.92 Å². The summed E-state index contributed by atoms with van der Waals surface area (Å²) in [4.78, 5) is 15.5. The number of benzene rings is 1. The minimum Gasteiger partial charge on any atom is -0.478 e. The van der Waals surface area contributed by atoms with Gasteiger partial charge in [-0.3, -0.25) is 0 Å². The van der Waals surface area contributed by atoms with Gasteiger partial charge >= 0.3 is 5.97 Å². The molecule has 0 saturated carbocycles. The lowest BCUT2D eigenvalue weighted by atomic mass is 10.1. The molecular formula is C16H18N2O2. The highest BCUT2D eigenvalue weighted by Gasteiger charge is 2.11. The molecular weight excluding hydrogens is 252 g/mol. The van der Waals surface area contributed by atoms with E-state index in [1.54, 1.807) is 12.1 Å². The number of carboxylic acids is 1. The fourth-order valence-electron chi connectivity index (χ4n) is 2.12. The van der Waals surface area contributed by atoms with Gasteiger partial charge in [-0.05, 0) is 36.6 Å². The van der Waals surface area contributed by atoms with Crippen LogP contribution in [0.2, 0.25) is 0 Å². The van der Waals surface area contributed by atoms with Gasteiger partial charge in [0.25, 0.3) is 0 Å². The molecule has 0 fully saturated rings. The number of nitrogens with zero attached hydrogens (tertiary/aromatic N) is 1. The second-order valence-electron chi connectivity index (χ2n) is 4.63. The molecule has 1 heterocycles. The zero-order chi connectivity index (χ0) is 14.5. The van der Waals surface area contributed by atoms with Crippen LogP contribution in [0.25, 0.3) is 0 Å². The van der Waals surface area contributed by atoms with Crippen molar-refractivity contribution in [2.45, 2.75) is 26.8 Å². The topological polar surface area (TPSA) is 62.2 Å². The number of anilines is 1. The normalized spacial score (nSPS) is 10.3. The van der Waals surface area contributed by atoms with E-state index >= 15 is 0 Å². The van der Waals surface area contributed by atoms with Crippen LogP contribution in [-0.4, -0.2) is 16.1 Å². The lowest BCUT2D eigenvalue weighted by Crippen LogP contribution is -2.10. The quantitative estimate of drug-likeness (QED) is 0.875. The molecule has 104 valence electrons. The van der Waals surface area contributed by atoms with Crippen LogP contribution in [0.5, 0.6) is 0 Å². The Morgan fingerprint density at radius 3 is 2.55 bits per heavy atom. The third kappa shape index (κ3) is 3.15. The zero-order valence-corrected chi connectivity index (χ0v) is 11.7. The van der Waals surface area contributed by atoms with Crippen molar-refractivity contribution in [1.82, 2.24) is 4.98 Å². The number of aryl methyl sites for hydroxylation is 2. The fourth-order valence-corrected chi connectivity index (χ4v) is 2.12. The second-order valence-corrected chi connectivity index (χ2v) is 4.63. The molecule has 4 heteroatoms. The molecule has 1 aromatic heterocycles. The number of nitrogens with one attached hydrogen (secondary N) is 1. The van der Waals surface area contributed by atoms with Crippen molar-refractivity contribution in [2.75, 3.05) is 5.32 Å². The van der Waals surface area contributed by atoms with E-state index in [0.717, 1.165) is 17.7 Å². The Balaban J connectivity index is 2.22. The van der Waals surface area contributed by atoms with Crippen LogP contribution in [0.15, 0.2) is 36.4 Å². The minimum atomic E-state index is -0.969. The Morgan fingerprint density at radius 2 is 1.90 bits per heavy atom. The summed E-state index contributed by atoms with van der Waals surface area (Å²) >= 11 is 0. The van der Waals surface area contributed by atoms with Gasteiger partial charge in [-0.1, -0.05) is 31.2 Å². The minimum absolute atomic E-state index is 0.199. The average Bonchev–Trinajstić information content (AvgIpc) is 2.45. The Kier molecular flexibility index (Phi) is 4.35. The highest BCUT2D eigenvalue weighted by atomic mass is 16.4. The molecule has 0 unspecified atom stereocenters. The summed E-state index contributed by atoms with van der Waals surface area (Å²) in [5.41, 5.74) is 3.41. The first-order valence-electron chi connectivity index (χ1n) is 6.63. The monoisotopic (exact) mass is 270 g/mol. The zero-order valence-electron chi connectivity index (χ0n) is 11.7. The van der Waals surface area contributed by atoms with Gasteiger partial charge < -0.3 is 10.4 Å². The molecule has 0 radical (unpaired) electrons. The SMILES string of the molecule is CCc1ccccc1CNc1nc(C)ccc1C(=O)O. The molecule has 0 aliphatic rings. The first kappa shape index (κ1) is 14.1. The summed E-state index contributed by atoms with van der Waals surface area (Å²) in [6.45, 7) is 4.52. The van der Waals surface area contributed by atoms with Crippen molar-refractivity contribution in [2.24, 2.45) is 0 Å². The molecule has 0 aliphatic carbocycles. The van der Waals surface area contributed by atoms with E-state index in [0.29, 0.717) is 12.4 Å². The van der Waals surface area contributed by atoms with Crippen LogP contribution < -0.4 is 5.32 Å². The van der Waals surface area contributed by atoms with E-state index < -0.39 is 5.97 Å². The highest BCUT2D eigenvalue weighted by molar-refractivity contribution is 5.93. The van der Waals surface area contributed by atoms with Crippen LogP contribution in [0.1, 0.15) is 34.1 Å². The van der Waals surface area contributed by atoms with Crippen LogP contribution >= 0.6 is 0 Å². The van der Waals surface area contributed by atoms with Crippen LogP contribution in [-0.2, 0) is 13.0 Å². The van der Waals surface area contributed by atoms with Gasteiger partial charge in [-0.2, -0.15) is 0 Å². The van der Waals surface area contributed by atoms with Crippen molar-refractivity contribution >= 4 is 11.8 Å². The largest absolute Gasteiger partial charge is 0.478 e. The first-order valence-corrected chi connectivity index (χ1v) is 6.63. The Bertz CT molecular complexity index is 624. The highest BCUT2D eigenvalue weighted by Crippen LogP contribution is 2.16. The van der Waals surface area contributed by atoms with Crippen LogP contribution in [0.4, 0.5) is 5.82 Å². The third-order valence-corrected chi connectivity index (χ3v) is 3.21. The molecule has 2 rings (SSSR count). The maximum absolute atomic E-state index is 11.2. The van der Waals surface area contributed by atoms with Crippen LogP contribution in [0.3, 0.4) is 0 Å². The Labute approximate surface area is 118 Å². The Hall–Kier alpha value is -2.36. The van der Waals surface area contributed by atoms with E-state index in [4.69, 9.17) is 0 Å². The Morgan fingerprint density at radius 1 is 1.20 bits per heavy atom.